The first kappa shape index (κ1) is 27.4. The van der Waals surface area contributed by atoms with E-state index in [1.165, 1.54) is 42.2 Å². The third kappa shape index (κ3) is 9.94. The van der Waals surface area contributed by atoms with E-state index in [0.29, 0.717) is 0 Å². The molecule has 36 heavy (non-hydrogen) atoms. The molecule has 0 atom stereocenters. The van der Waals surface area contributed by atoms with Crippen LogP contribution in [0.25, 0.3) is 28.3 Å². The lowest BCUT2D eigenvalue weighted by Gasteiger charge is -2.01. The third-order valence-electron chi connectivity index (χ3n) is 4.80. The highest BCUT2D eigenvalue weighted by atomic mass is 16.3. The Labute approximate surface area is 214 Å². The second kappa shape index (κ2) is 14.4. The van der Waals surface area contributed by atoms with Crippen molar-refractivity contribution in [2.75, 3.05) is 0 Å². The van der Waals surface area contributed by atoms with E-state index in [4.69, 9.17) is 22.1 Å². The van der Waals surface area contributed by atoms with Crippen LogP contribution in [0.1, 0.15) is 25.0 Å². The summed E-state index contributed by atoms with van der Waals surface area (Å²) in [6.45, 7) is 2.88. The van der Waals surface area contributed by atoms with Crippen LogP contribution in [0.2, 0.25) is 0 Å². The molecule has 0 radical (unpaired) electrons. The molecule has 4 aromatic rings. The van der Waals surface area contributed by atoms with Gasteiger partial charge in [-0.25, -0.2) is 0 Å². The number of hydrogen-bond acceptors (Lipinski definition) is 3. The lowest BCUT2D eigenvalue weighted by molar-refractivity contribution is 0.141. The lowest BCUT2D eigenvalue weighted by atomic mass is 10.0. The van der Waals surface area contributed by atoms with E-state index in [-0.39, 0.29) is 0 Å². The van der Waals surface area contributed by atoms with E-state index in [9.17, 15) is 0 Å². The summed E-state index contributed by atoms with van der Waals surface area (Å²) in [7, 11) is 0. The molecule has 0 bridgehead atoms. The molecule has 1 N–H and O–H groups in total. The topological polar surface area (TPSA) is 67.8 Å². The van der Waals surface area contributed by atoms with Gasteiger partial charge in [0.25, 0.3) is 0 Å². The fraction of sp³-hybridized carbons (Fsp3) is 0.0909. The van der Waals surface area contributed by atoms with Crippen LogP contribution < -0.4 is 0 Å². The van der Waals surface area contributed by atoms with Crippen LogP contribution in [-0.4, -0.2) is 10.7 Å². The minimum absolute atomic E-state index is 0.921. The average Bonchev–Trinajstić information content (AvgIpc) is 2.93. The molecule has 0 aliphatic rings. The van der Waals surface area contributed by atoms with Crippen molar-refractivity contribution in [1.82, 2.24) is 0 Å². The van der Waals surface area contributed by atoms with Crippen molar-refractivity contribution >= 4 is 6.08 Å². The van der Waals surface area contributed by atoms with Gasteiger partial charge < -0.3 is 5.11 Å². The Morgan fingerprint density at radius 3 is 1.42 bits per heavy atom. The van der Waals surface area contributed by atoms with Crippen LogP contribution in [0.4, 0.5) is 0 Å². The molecule has 3 nitrogen and oxygen atoms in total. The van der Waals surface area contributed by atoms with Crippen LogP contribution in [0.5, 0.6) is 0 Å². The Morgan fingerprint density at radius 1 is 0.667 bits per heavy atom. The summed E-state index contributed by atoms with van der Waals surface area (Å²) >= 11 is 0. The van der Waals surface area contributed by atoms with Gasteiger partial charge in [-0.1, -0.05) is 103 Å². The zero-order valence-electron chi connectivity index (χ0n) is 20.5. The van der Waals surface area contributed by atoms with Gasteiger partial charge in [0.15, 0.2) is 0 Å². The quantitative estimate of drug-likeness (QED) is 0.192. The SMILES string of the molecule is C#Cc1ccc(-c2ccccc2)cc1.CC(C)(O)C#N.N#C/C=C/c1ccc(-c2ccccc2)cc1. The Bertz CT molecular complexity index is 1340. The molecule has 0 fully saturated rings. The first-order valence-corrected chi connectivity index (χ1v) is 11.3. The van der Waals surface area contributed by atoms with E-state index >= 15 is 0 Å². The molecular weight excluding hydrogens is 440 g/mol. The van der Waals surface area contributed by atoms with Crippen molar-refractivity contribution in [3.63, 3.8) is 0 Å². The highest BCUT2D eigenvalue weighted by molar-refractivity contribution is 5.66. The largest absolute Gasteiger partial charge is 0.376 e. The van der Waals surface area contributed by atoms with E-state index in [1.54, 1.807) is 12.1 Å². The molecule has 0 saturated heterocycles. The monoisotopic (exact) mass is 468 g/mol. The molecule has 4 rings (SSSR count). The predicted octanol–water partition coefficient (Wildman–Crippen LogP) is 7.51. The Balaban J connectivity index is 0.000000209. The number of nitrogens with zero attached hydrogens (tertiary/aromatic N) is 2. The zero-order valence-corrected chi connectivity index (χ0v) is 20.5. The van der Waals surface area contributed by atoms with E-state index < -0.39 is 5.60 Å². The van der Waals surface area contributed by atoms with E-state index in [0.717, 1.165) is 11.1 Å². The Hall–Kier alpha value is -4.88. The Kier molecular flexibility index (Phi) is 10.9. The molecule has 0 aliphatic carbocycles. The smallest absolute Gasteiger partial charge is 0.145 e. The van der Waals surface area contributed by atoms with Gasteiger partial charge in [0.2, 0.25) is 0 Å². The molecule has 3 heteroatoms. The molecular formula is C33H28N2O. The summed E-state index contributed by atoms with van der Waals surface area (Å²) in [5.41, 5.74) is 5.62. The fourth-order valence-electron chi connectivity index (χ4n) is 2.94. The van der Waals surface area contributed by atoms with E-state index in [2.05, 4.69) is 42.3 Å². The Morgan fingerprint density at radius 2 is 1.06 bits per heavy atom. The summed E-state index contributed by atoms with van der Waals surface area (Å²) in [6, 6.07) is 40.3. The van der Waals surface area contributed by atoms with Crippen LogP contribution in [0.3, 0.4) is 0 Å². The fourth-order valence-corrected chi connectivity index (χ4v) is 2.94. The second-order valence-corrected chi connectivity index (χ2v) is 8.21. The zero-order chi connectivity index (χ0) is 26.2. The van der Waals surface area contributed by atoms with Crippen LogP contribution in [0, 0.1) is 35.0 Å². The standard InChI is InChI=1S/C15H11N.C14H10.C4H7NO/c16-12-4-5-13-8-10-15(11-9-13)14-6-2-1-3-7-14;1-2-12-8-10-14(11-9-12)13-6-4-3-5-7-13;1-4(2,6)3-5/h1-11H;1,3-11H;6H,1-2H3/b5-4+;;. The van der Waals surface area contributed by atoms with Gasteiger partial charge in [-0.15, -0.1) is 6.42 Å². The van der Waals surface area contributed by atoms with Gasteiger partial charge in [-0.2, -0.15) is 10.5 Å². The molecule has 4 aromatic carbocycles. The van der Waals surface area contributed by atoms with Gasteiger partial charge in [0, 0.05) is 11.6 Å². The normalized spacial score (nSPS) is 9.89. The van der Waals surface area contributed by atoms with Crippen molar-refractivity contribution in [2.45, 2.75) is 19.4 Å². The summed E-state index contributed by atoms with van der Waals surface area (Å²) < 4.78 is 0. The van der Waals surface area contributed by atoms with E-state index in [1.807, 2.05) is 78.9 Å². The van der Waals surface area contributed by atoms with Crippen molar-refractivity contribution < 1.29 is 5.11 Å². The lowest BCUT2D eigenvalue weighted by Crippen LogP contribution is -2.13. The van der Waals surface area contributed by atoms with Gasteiger partial charge in [0.1, 0.15) is 5.60 Å². The molecule has 0 amide bonds. The number of nitriles is 2. The van der Waals surface area contributed by atoms with Gasteiger partial charge >= 0.3 is 0 Å². The molecule has 0 spiro atoms. The third-order valence-corrected chi connectivity index (χ3v) is 4.80. The average molecular weight is 469 g/mol. The molecule has 176 valence electrons. The van der Waals surface area contributed by atoms with Gasteiger partial charge in [-0.3, -0.25) is 0 Å². The molecule has 0 heterocycles. The minimum Gasteiger partial charge on any atom is -0.376 e. The first-order valence-electron chi connectivity index (χ1n) is 11.3. The van der Waals surface area contributed by atoms with Crippen LogP contribution in [-0.2, 0) is 0 Å². The van der Waals surface area contributed by atoms with Crippen molar-refractivity contribution in [1.29, 1.82) is 10.5 Å². The summed E-state index contributed by atoms with van der Waals surface area (Å²) in [5, 5.41) is 24.8. The van der Waals surface area contributed by atoms with Gasteiger partial charge in [0.05, 0.1) is 12.1 Å². The summed E-state index contributed by atoms with van der Waals surface area (Å²) in [5.74, 6) is 2.61. The molecule has 0 aromatic heterocycles. The highest BCUT2D eigenvalue weighted by Gasteiger charge is 2.07. The molecule has 0 unspecified atom stereocenters. The highest BCUT2D eigenvalue weighted by Crippen LogP contribution is 2.20. The van der Waals surface area contributed by atoms with Crippen LogP contribution >= 0.6 is 0 Å². The van der Waals surface area contributed by atoms with Gasteiger partial charge in [-0.05, 0) is 59.9 Å². The molecule has 0 saturated carbocycles. The maximum absolute atomic E-state index is 8.47. The van der Waals surface area contributed by atoms with Crippen molar-refractivity contribution in [3.05, 3.63) is 126 Å². The minimum atomic E-state index is -1.15. The predicted molar refractivity (Wildman–Crippen MR) is 148 cm³/mol. The number of hydrogen-bond donors (Lipinski definition) is 1. The number of allylic oxidation sites excluding steroid dienone is 1. The first-order chi connectivity index (χ1) is 17.4. The van der Waals surface area contributed by atoms with Crippen LogP contribution in [0.15, 0.2) is 115 Å². The number of rotatable bonds is 3. The second-order valence-electron chi connectivity index (χ2n) is 8.21. The summed E-state index contributed by atoms with van der Waals surface area (Å²) in [6.07, 6.45) is 8.57. The molecule has 0 aliphatic heterocycles. The summed E-state index contributed by atoms with van der Waals surface area (Å²) in [4.78, 5) is 0. The van der Waals surface area contributed by atoms with Crippen molar-refractivity contribution in [3.8, 4) is 46.7 Å². The van der Waals surface area contributed by atoms with Crippen molar-refractivity contribution in [2.24, 2.45) is 0 Å². The number of terminal acetylenes is 1. The maximum atomic E-state index is 8.47. The maximum Gasteiger partial charge on any atom is 0.145 e. The number of benzene rings is 4. The number of aliphatic hydroxyl groups is 1.